The first-order valence-corrected chi connectivity index (χ1v) is 4.83. The number of hydrogen-bond donors (Lipinski definition) is 1. The van der Waals surface area contributed by atoms with Crippen molar-refractivity contribution < 1.29 is 5.11 Å². The van der Waals surface area contributed by atoms with E-state index in [1.54, 1.807) is 0 Å². The van der Waals surface area contributed by atoms with E-state index in [2.05, 4.69) is 6.07 Å². The van der Waals surface area contributed by atoms with Gasteiger partial charge in [0.2, 0.25) is 0 Å². The summed E-state index contributed by atoms with van der Waals surface area (Å²) in [7, 11) is 3.97. The summed E-state index contributed by atoms with van der Waals surface area (Å²) in [6.07, 6.45) is 0. The molecule has 0 saturated carbocycles. The largest absolute Gasteiger partial charge is 0.386 e. The van der Waals surface area contributed by atoms with Gasteiger partial charge in [0.15, 0.2) is 0 Å². The van der Waals surface area contributed by atoms with E-state index in [4.69, 9.17) is 0 Å². The molecule has 1 N–H and O–H groups in total. The van der Waals surface area contributed by atoms with Crippen LogP contribution in [0.5, 0.6) is 0 Å². The molecule has 0 atom stereocenters. The summed E-state index contributed by atoms with van der Waals surface area (Å²) < 4.78 is 0. The van der Waals surface area contributed by atoms with Gasteiger partial charge in [-0.25, -0.2) is 0 Å². The molecule has 1 aromatic rings. The maximum atomic E-state index is 10.0. The summed E-state index contributed by atoms with van der Waals surface area (Å²) in [4.78, 5) is 2.02. The Kier molecular flexibility index (Phi) is 2.86. The lowest BCUT2D eigenvalue weighted by molar-refractivity contribution is 0.0790. The monoisotopic (exact) mass is 193 g/mol. The third-order valence-corrected chi connectivity index (χ3v) is 2.29. The van der Waals surface area contributed by atoms with E-state index in [1.165, 1.54) is 5.56 Å². The molecule has 0 unspecified atom stereocenters. The zero-order valence-electron chi connectivity index (χ0n) is 9.63. The van der Waals surface area contributed by atoms with Gasteiger partial charge in [0.05, 0.1) is 5.60 Å². The van der Waals surface area contributed by atoms with Crippen LogP contribution in [0.4, 0.5) is 5.69 Å². The van der Waals surface area contributed by atoms with Gasteiger partial charge in [0.25, 0.3) is 0 Å². The third-order valence-electron chi connectivity index (χ3n) is 2.29. The van der Waals surface area contributed by atoms with Gasteiger partial charge < -0.3 is 10.0 Å². The predicted molar refractivity (Wildman–Crippen MR) is 60.8 cm³/mol. The average Bonchev–Trinajstić information content (AvgIpc) is 2.01. The van der Waals surface area contributed by atoms with Crippen molar-refractivity contribution >= 4 is 5.69 Å². The summed E-state index contributed by atoms with van der Waals surface area (Å²) in [6, 6.07) is 6.14. The molecule has 2 nitrogen and oxygen atoms in total. The Labute approximate surface area is 86.2 Å². The average molecular weight is 193 g/mol. The molecule has 0 heterocycles. The lowest BCUT2D eigenvalue weighted by atomic mass is 9.94. The van der Waals surface area contributed by atoms with Gasteiger partial charge >= 0.3 is 0 Å². The van der Waals surface area contributed by atoms with Crippen molar-refractivity contribution in [1.82, 2.24) is 0 Å². The second-order valence-electron chi connectivity index (χ2n) is 4.47. The summed E-state index contributed by atoms with van der Waals surface area (Å²) >= 11 is 0. The topological polar surface area (TPSA) is 23.5 Å². The van der Waals surface area contributed by atoms with Crippen molar-refractivity contribution in [1.29, 1.82) is 0 Å². The second kappa shape index (κ2) is 3.62. The van der Waals surface area contributed by atoms with Gasteiger partial charge in [0.1, 0.15) is 0 Å². The third kappa shape index (κ3) is 2.26. The van der Waals surface area contributed by atoms with Crippen LogP contribution in [0.15, 0.2) is 18.2 Å². The summed E-state index contributed by atoms with van der Waals surface area (Å²) in [5, 5.41) is 10.0. The Morgan fingerprint density at radius 1 is 1.21 bits per heavy atom. The highest BCUT2D eigenvalue weighted by molar-refractivity contribution is 5.56. The van der Waals surface area contributed by atoms with E-state index in [0.29, 0.717) is 0 Å². The van der Waals surface area contributed by atoms with Gasteiger partial charge in [-0.05, 0) is 26.8 Å². The molecule has 78 valence electrons. The van der Waals surface area contributed by atoms with Gasteiger partial charge in [0, 0.05) is 25.3 Å². The zero-order valence-corrected chi connectivity index (χ0v) is 9.63. The van der Waals surface area contributed by atoms with Crippen LogP contribution in [-0.2, 0) is 5.60 Å². The number of aryl methyl sites for hydroxylation is 1. The summed E-state index contributed by atoms with van der Waals surface area (Å²) in [5.41, 5.74) is 2.43. The van der Waals surface area contributed by atoms with Crippen molar-refractivity contribution in [2.24, 2.45) is 0 Å². The molecule has 0 aliphatic carbocycles. The summed E-state index contributed by atoms with van der Waals surface area (Å²) in [5.74, 6) is 0. The summed E-state index contributed by atoms with van der Waals surface area (Å²) in [6.45, 7) is 5.66. The maximum Gasteiger partial charge on any atom is 0.0860 e. The Morgan fingerprint density at radius 3 is 2.21 bits per heavy atom. The SMILES string of the molecule is Cc1ccc(N(C)C)c(C(C)(C)O)c1. The van der Waals surface area contributed by atoms with Crippen LogP contribution in [0.3, 0.4) is 0 Å². The molecule has 0 aliphatic rings. The molecule has 0 aromatic heterocycles. The van der Waals surface area contributed by atoms with Crippen molar-refractivity contribution in [3.63, 3.8) is 0 Å². The normalized spacial score (nSPS) is 11.6. The van der Waals surface area contributed by atoms with Crippen LogP contribution in [0.25, 0.3) is 0 Å². The molecule has 1 aromatic carbocycles. The van der Waals surface area contributed by atoms with Crippen molar-refractivity contribution in [3.05, 3.63) is 29.3 Å². The fourth-order valence-corrected chi connectivity index (χ4v) is 1.53. The van der Waals surface area contributed by atoms with Crippen molar-refractivity contribution in [2.45, 2.75) is 26.4 Å². The van der Waals surface area contributed by atoms with Crippen LogP contribution in [0.1, 0.15) is 25.0 Å². The highest BCUT2D eigenvalue weighted by Crippen LogP contribution is 2.30. The molecular formula is C12H19NO. The highest BCUT2D eigenvalue weighted by atomic mass is 16.3. The molecule has 0 spiro atoms. The minimum Gasteiger partial charge on any atom is -0.386 e. The number of rotatable bonds is 2. The second-order valence-corrected chi connectivity index (χ2v) is 4.47. The molecular weight excluding hydrogens is 174 g/mol. The first kappa shape index (κ1) is 11.1. The number of benzene rings is 1. The minimum absolute atomic E-state index is 0.786. The molecule has 0 amide bonds. The number of aliphatic hydroxyl groups is 1. The molecule has 2 heteroatoms. The molecule has 0 bridgehead atoms. The minimum atomic E-state index is -0.786. The van der Waals surface area contributed by atoms with Crippen molar-refractivity contribution in [2.75, 3.05) is 19.0 Å². The fourth-order valence-electron chi connectivity index (χ4n) is 1.53. The van der Waals surface area contributed by atoms with Gasteiger partial charge in [-0.15, -0.1) is 0 Å². The fraction of sp³-hybridized carbons (Fsp3) is 0.500. The molecule has 1 rings (SSSR count). The number of nitrogens with zero attached hydrogens (tertiary/aromatic N) is 1. The Hall–Kier alpha value is -1.02. The van der Waals surface area contributed by atoms with Crippen LogP contribution in [0, 0.1) is 6.92 Å². The first-order chi connectivity index (χ1) is 6.32. The van der Waals surface area contributed by atoms with E-state index in [0.717, 1.165) is 11.3 Å². The predicted octanol–water partition coefficient (Wildman–Crippen LogP) is 2.29. The zero-order chi connectivity index (χ0) is 10.9. The molecule has 0 saturated heterocycles. The molecule has 0 aliphatic heterocycles. The van der Waals surface area contributed by atoms with E-state index >= 15 is 0 Å². The number of anilines is 1. The van der Waals surface area contributed by atoms with Crippen LogP contribution in [0.2, 0.25) is 0 Å². The Balaban J connectivity index is 3.30. The molecule has 14 heavy (non-hydrogen) atoms. The Bertz CT molecular complexity index is 324. The van der Waals surface area contributed by atoms with E-state index in [-0.39, 0.29) is 0 Å². The molecule has 0 fully saturated rings. The quantitative estimate of drug-likeness (QED) is 0.779. The van der Waals surface area contributed by atoms with Crippen molar-refractivity contribution in [3.8, 4) is 0 Å². The lowest BCUT2D eigenvalue weighted by Gasteiger charge is -2.26. The Morgan fingerprint density at radius 2 is 1.79 bits per heavy atom. The number of hydrogen-bond acceptors (Lipinski definition) is 2. The van der Waals surface area contributed by atoms with Crippen LogP contribution in [-0.4, -0.2) is 19.2 Å². The first-order valence-electron chi connectivity index (χ1n) is 4.83. The maximum absolute atomic E-state index is 10.0. The van der Waals surface area contributed by atoms with E-state index in [1.807, 2.05) is 51.9 Å². The lowest BCUT2D eigenvalue weighted by Crippen LogP contribution is -2.21. The van der Waals surface area contributed by atoms with Gasteiger partial charge in [-0.3, -0.25) is 0 Å². The van der Waals surface area contributed by atoms with Gasteiger partial charge in [-0.2, -0.15) is 0 Å². The van der Waals surface area contributed by atoms with Crippen LogP contribution >= 0.6 is 0 Å². The van der Waals surface area contributed by atoms with Crippen LogP contribution < -0.4 is 4.90 Å². The van der Waals surface area contributed by atoms with Gasteiger partial charge in [-0.1, -0.05) is 17.7 Å². The van der Waals surface area contributed by atoms with E-state index in [9.17, 15) is 5.11 Å². The highest BCUT2D eigenvalue weighted by Gasteiger charge is 2.20. The van der Waals surface area contributed by atoms with E-state index < -0.39 is 5.60 Å². The molecule has 0 radical (unpaired) electrons. The standard InChI is InChI=1S/C12H19NO/c1-9-6-7-11(13(4)5)10(8-9)12(2,3)14/h6-8,14H,1-5H3. The smallest absolute Gasteiger partial charge is 0.0860 e.